The van der Waals surface area contributed by atoms with Crippen LogP contribution in [0.1, 0.15) is 31.2 Å². The van der Waals surface area contributed by atoms with Crippen molar-refractivity contribution in [2.45, 2.75) is 38.1 Å². The van der Waals surface area contributed by atoms with E-state index in [4.69, 9.17) is 10.8 Å². The number of hydrogen-bond donors (Lipinski definition) is 2. The number of nitrogens with two attached hydrogens (primary N) is 1. The normalized spacial score (nSPS) is 16.3. The molecular weight excluding hydrogens is 256 g/mol. The van der Waals surface area contributed by atoms with Gasteiger partial charge < -0.3 is 15.7 Å². The summed E-state index contributed by atoms with van der Waals surface area (Å²) in [5, 5.41) is 8.84. The van der Waals surface area contributed by atoms with E-state index in [-0.39, 0.29) is 18.9 Å². The Hall–Kier alpha value is -1.88. The van der Waals surface area contributed by atoms with Crippen LogP contribution in [0.5, 0.6) is 0 Å². The fraction of sp³-hybridized carbons (Fsp3) is 0.467. The van der Waals surface area contributed by atoms with Gasteiger partial charge in [-0.1, -0.05) is 17.7 Å². The van der Waals surface area contributed by atoms with E-state index in [1.165, 1.54) is 4.90 Å². The highest BCUT2D eigenvalue weighted by atomic mass is 16.4. The number of amides is 1. The van der Waals surface area contributed by atoms with Gasteiger partial charge in [0.15, 0.2) is 0 Å². The molecule has 1 saturated carbocycles. The third kappa shape index (κ3) is 2.99. The number of nitrogens with zero attached hydrogens (tertiary/aromatic N) is 1. The molecule has 0 saturated heterocycles. The van der Waals surface area contributed by atoms with Crippen LogP contribution in [0.3, 0.4) is 0 Å². The summed E-state index contributed by atoms with van der Waals surface area (Å²) in [7, 11) is 0. The van der Waals surface area contributed by atoms with Crippen LogP contribution in [0.2, 0.25) is 0 Å². The molecule has 0 spiro atoms. The first-order chi connectivity index (χ1) is 9.42. The number of hydrogen-bond acceptors (Lipinski definition) is 3. The van der Waals surface area contributed by atoms with E-state index in [9.17, 15) is 9.59 Å². The first-order valence-electron chi connectivity index (χ1n) is 6.82. The molecule has 20 heavy (non-hydrogen) atoms. The molecule has 1 fully saturated rings. The topological polar surface area (TPSA) is 83.6 Å². The van der Waals surface area contributed by atoms with Crippen LogP contribution in [0, 0.1) is 6.92 Å². The molecule has 108 valence electrons. The molecule has 1 aliphatic rings. The van der Waals surface area contributed by atoms with E-state index in [1.807, 2.05) is 31.2 Å². The van der Waals surface area contributed by atoms with Crippen molar-refractivity contribution in [2.75, 3.05) is 11.4 Å². The minimum absolute atomic E-state index is 0.0876. The van der Waals surface area contributed by atoms with Crippen molar-refractivity contribution in [2.24, 2.45) is 5.73 Å². The van der Waals surface area contributed by atoms with Crippen LogP contribution >= 0.6 is 0 Å². The fourth-order valence-electron chi connectivity index (χ4n) is 2.32. The smallest absolute Gasteiger partial charge is 0.305 e. The van der Waals surface area contributed by atoms with E-state index < -0.39 is 11.5 Å². The zero-order valence-electron chi connectivity index (χ0n) is 11.6. The van der Waals surface area contributed by atoms with Crippen LogP contribution in [0.4, 0.5) is 5.69 Å². The van der Waals surface area contributed by atoms with Gasteiger partial charge in [-0.25, -0.2) is 0 Å². The standard InChI is InChI=1S/C15H20N2O3/c1-11-3-5-12(6-4-11)17(10-7-13(18)19)14(20)15(16)8-2-9-15/h3-6H,2,7-10,16H2,1H3,(H,18,19). The first-order valence-corrected chi connectivity index (χ1v) is 6.82. The Morgan fingerprint density at radius 2 is 1.90 bits per heavy atom. The number of carboxylic acid groups (broad SMARTS) is 1. The number of aliphatic carboxylic acids is 1. The number of anilines is 1. The molecule has 1 aromatic rings. The van der Waals surface area contributed by atoms with E-state index in [2.05, 4.69) is 0 Å². The lowest BCUT2D eigenvalue weighted by atomic mass is 9.76. The minimum atomic E-state index is -0.922. The second-order valence-electron chi connectivity index (χ2n) is 5.45. The Bertz CT molecular complexity index is 506. The van der Waals surface area contributed by atoms with Crippen LogP contribution < -0.4 is 10.6 Å². The molecule has 0 unspecified atom stereocenters. The van der Waals surface area contributed by atoms with Crippen molar-refractivity contribution in [3.8, 4) is 0 Å². The Balaban J connectivity index is 2.21. The van der Waals surface area contributed by atoms with E-state index >= 15 is 0 Å². The summed E-state index contributed by atoms with van der Waals surface area (Å²) in [5.41, 5.74) is 7.06. The number of carboxylic acids is 1. The van der Waals surface area contributed by atoms with Gasteiger partial charge in [0.1, 0.15) is 0 Å². The zero-order chi connectivity index (χ0) is 14.8. The van der Waals surface area contributed by atoms with Crippen LogP contribution in [-0.2, 0) is 9.59 Å². The lowest BCUT2D eigenvalue weighted by Crippen LogP contribution is -2.60. The van der Waals surface area contributed by atoms with Crippen molar-refractivity contribution in [3.63, 3.8) is 0 Å². The molecule has 0 aromatic heterocycles. The number of aryl methyl sites for hydroxylation is 1. The van der Waals surface area contributed by atoms with E-state index in [1.54, 1.807) is 0 Å². The van der Waals surface area contributed by atoms with Gasteiger partial charge in [0.25, 0.3) is 0 Å². The number of benzene rings is 1. The quantitative estimate of drug-likeness (QED) is 0.857. The van der Waals surface area contributed by atoms with Gasteiger partial charge in [-0.05, 0) is 38.3 Å². The molecule has 0 aliphatic heterocycles. The molecule has 1 amide bonds. The van der Waals surface area contributed by atoms with Crippen LogP contribution in [-0.4, -0.2) is 29.1 Å². The number of rotatable bonds is 5. The highest BCUT2D eigenvalue weighted by molar-refractivity contribution is 6.01. The molecule has 1 aliphatic carbocycles. The predicted molar refractivity (Wildman–Crippen MR) is 76.6 cm³/mol. The van der Waals surface area contributed by atoms with Gasteiger partial charge in [-0.2, -0.15) is 0 Å². The zero-order valence-corrected chi connectivity index (χ0v) is 11.6. The molecule has 2 rings (SSSR count). The lowest BCUT2D eigenvalue weighted by Gasteiger charge is -2.40. The molecule has 0 atom stereocenters. The average molecular weight is 276 g/mol. The van der Waals surface area contributed by atoms with Crippen molar-refractivity contribution >= 4 is 17.6 Å². The van der Waals surface area contributed by atoms with E-state index in [0.29, 0.717) is 18.5 Å². The van der Waals surface area contributed by atoms with Gasteiger partial charge in [0.2, 0.25) is 5.91 Å². The third-order valence-corrected chi connectivity index (χ3v) is 3.81. The Morgan fingerprint density at radius 3 is 2.35 bits per heavy atom. The SMILES string of the molecule is Cc1ccc(N(CCC(=O)O)C(=O)C2(N)CCC2)cc1. The van der Waals surface area contributed by atoms with Crippen LogP contribution in [0.15, 0.2) is 24.3 Å². The molecule has 0 heterocycles. The third-order valence-electron chi connectivity index (χ3n) is 3.81. The van der Waals surface area contributed by atoms with E-state index in [0.717, 1.165) is 12.0 Å². The van der Waals surface area contributed by atoms with Crippen molar-refractivity contribution in [1.82, 2.24) is 0 Å². The summed E-state index contributed by atoms with van der Waals surface area (Å²) >= 11 is 0. The molecular formula is C15H20N2O3. The van der Waals surface area contributed by atoms with Gasteiger partial charge in [0, 0.05) is 12.2 Å². The van der Waals surface area contributed by atoms with Crippen LogP contribution in [0.25, 0.3) is 0 Å². The highest BCUT2D eigenvalue weighted by Crippen LogP contribution is 2.32. The lowest BCUT2D eigenvalue weighted by molar-refractivity contribution is -0.136. The van der Waals surface area contributed by atoms with Gasteiger partial charge in [-0.15, -0.1) is 0 Å². The Kier molecular flexibility index (Phi) is 4.09. The summed E-state index contributed by atoms with van der Waals surface area (Å²) in [6.07, 6.45) is 2.20. The maximum atomic E-state index is 12.6. The Morgan fingerprint density at radius 1 is 1.30 bits per heavy atom. The predicted octanol–water partition coefficient (Wildman–Crippen LogP) is 1.68. The summed E-state index contributed by atoms with van der Waals surface area (Å²) in [6.45, 7) is 2.11. The van der Waals surface area contributed by atoms with Gasteiger partial charge in [-0.3, -0.25) is 9.59 Å². The largest absolute Gasteiger partial charge is 0.481 e. The van der Waals surface area contributed by atoms with Gasteiger partial charge in [0.05, 0.1) is 12.0 Å². The molecule has 0 radical (unpaired) electrons. The van der Waals surface area contributed by atoms with Crippen molar-refractivity contribution in [3.05, 3.63) is 29.8 Å². The maximum Gasteiger partial charge on any atom is 0.305 e. The number of carbonyl (C=O) groups is 2. The minimum Gasteiger partial charge on any atom is -0.481 e. The van der Waals surface area contributed by atoms with Crippen molar-refractivity contribution in [1.29, 1.82) is 0 Å². The monoisotopic (exact) mass is 276 g/mol. The maximum absolute atomic E-state index is 12.6. The molecule has 5 nitrogen and oxygen atoms in total. The summed E-state index contributed by atoms with van der Waals surface area (Å²) < 4.78 is 0. The summed E-state index contributed by atoms with van der Waals surface area (Å²) in [6, 6.07) is 7.47. The second-order valence-corrected chi connectivity index (χ2v) is 5.45. The summed E-state index contributed by atoms with van der Waals surface area (Å²) in [5.74, 6) is -1.09. The molecule has 0 bridgehead atoms. The molecule has 3 N–H and O–H groups in total. The fourth-order valence-corrected chi connectivity index (χ4v) is 2.32. The van der Waals surface area contributed by atoms with Crippen molar-refractivity contribution < 1.29 is 14.7 Å². The highest BCUT2D eigenvalue weighted by Gasteiger charge is 2.43. The number of carbonyl (C=O) groups excluding carboxylic acids is 1. The first kappa shape index (κ1) is 14.5. The molecule has 1 aromatic carbocycles. The Labute approximate surface area is 118 Å². The summed E-state index contributed by atoms with van der Waals surface area (Å²) in [4.78, 5) is 24.8. The van der Waals surface area contributed by atoms with Gasteiger partial charge >= 0.3 is 5.97 Å². The second kappa shape index (κ2) is 5.63. The average Bonchev–Trinajstić information content (AvgIpc) is 2.37. The molecule has 5 heteroatoms.